The Kier molecular flexibility index (Phi) is 6.71. The maximum absolute atomic E-state index is 13.3. The van der Waals surface area contributed by atoms with Gasteiger partial charge in [-0.05, 0) is 23.6 Å². The lowest BCUT2D eigenvalue weighted by molar-refractivity contribution is -0.124. The van der Waals surface area contributed by atoms with Gasteiger partial charge in [-0.25, -0.2) is 8.78 Å². The van der Waals surface area contributed by atoms with Crippen LogP contribution in [-0.4, -0.2) is 30.8 Å². The van der Waals surface area contributed by atoms with Gasteiger partial charge in [-0.2, -0.15) is 0 Å². The fraction of sp³-hybridized carbons (Fsp3) is 0.533. The van der Waals surface area contributed by atoms with E-state index in [4.69, 9.17) is 4.74 Å². The van der Waals surface area contributed by atoms with Crippen molar-refractivity contribution in [3.63, 3.8) is 0 Å². The zero-order valence-electron chi connectivity index (χ0n) is 12.4. The van der Waals surface area contributed by atoms with Gasteiger partial charge in [-0.1, -0.05) is 19.9 Å². The normalized spacial score (nSPS) is 14.0. The van der Waals surface area contributed by atoms with Gasteiger partial charge in [0.05, 0.1) is 25.2 Å². The van der Waals surface area contributed by atoms with E-state index >= 15 is 0 Å². The summed E-state index contributed by atoms with van der Waals surface area (Å²) >= 11 is 0. The van der Waals surface area contributed by atoms with E-state index in [1.807, 2.05) is 0 Å². The topological polar surface area (TPSA) is 58.6 Å². The number of halogens is 2. The highest BCUT2D eigenvalue weighted by molar-refractivity contribution is 5.77. The first-order valence-electron chi connectivity index (χ1n) is 6.76. The Balaban J connectivity index is 2.77. The van der Waals surface area contributed by atoms with Crippen LogP contribution in [-0.2, 0) is 9.53 Å². The minimum atomic E-state index is -0.981. The largest absolute Gasteiger partial charge is 0.392 e. The van der Waals surface area contributed by atoms with Gasteiger partial charge in [0.15, 0.2) is 11.6 Å². The molecule has 6 heteroatoms. The molecule has 4 nitrogen and oxygen atoms in total. The minimum absolute atomic E-state index is 0.0418. The van der Waals surface area contributed by atoms with E-state index in [-0.39, 0.29) is 24.9 Å². The zero-order valence-corrected chi connectivity index (χ0v) is 12.4. The number of amides is 1. The molecular formula is C15H21F2NO3. The average molecular weight is 301 g/mol. The molecule has 0 aliphatic carbocycles. The molecule has 2 atom stereocenters. The fourth-order valence-corrected chi connectivity index (χ4v) is 1.80. The smallest absolute Gasteiger partial charge is 0.223 e. The summed E-state index contributed by atoms with van der Waals surface area (Å²) in [6, 6.07) is 2.82. The molecule has 2 N–H and O–H groups in total. The third kappa shape index (κ3) is 5.40. The number of hydrogen-bond donors (Lipinski definition) is 2. The lowest BCUT2D eigenvalue weighted by Gasteiger charge is -2.20. The summed E-state index contributed by atoms with van der Waals surface area (Å²) in [5.41, 5.74) is 0.406. The number of aliphatic hydroxyl groups is 1. The van der Waals surface area contributed by atoms with Crippen molar-refractivity contribution in [2.24, 2.45) is 5.92 Å². The molecule has 1 aromatic rings. The SMILES string of the molecule is COCC(NC(=O)CC(O)C(C)C)c1ccc(F)c(F)c1. The van der Waals surface area contributed by atoms with E-state index in [9.17, 15) is 18.7 Å². The van der Waals surface area contributed by atoms with Crippen LogP contribution < -0.4 is 5.32 Å². The second-order valence-corrected chi connectivity index (χ2v) is 5.26. The third-order valence-corrected chi connectivity index (χ3v) is 3.18. The molecule has 0 bridgehead atoms. The van der Waals surface area contributed by atoms with Crippen LogP contribution in [0.3, 0.4) is 0 Å². The van der Waals surface area contributed by atoms with Crippen molar-refractivity contribution in [3.8, 4) is 0 Å². The first-order chi connectivity index (χ1) is 9.85. The predicted molar refractivity (Wildman–Crippen MR) is 74.6 cm³/mol. The fourth-order valence-electron chi connectivity index (χ4n) is 1.80. The summed E-state index contributed by atoms with van der Waals surface area (Å²) < 4.78 is 31.2. The molecule has 118 valence electrons. The van der Waals surface area contributed by atoms with E-state index < -0.39 is 23.8 Å². The molecule has 1 rings (SSSR count). The van der Waals surface area contributed by atoms with E-state index in [1.165, 1.54) is 13.2 Å². The number of carbonyl (C=O) groups excluding carboxylic acids is 1. The maximum Gasteiger partial charge on any atom is 0.223 e. The number of aliphatic hydroxyl groups excluding tert-OH is 1. The van der Waals surface area contributed by atoms with Gasteiger partial charge in [0.2, 0.25) is 5.91 Å². The quantitative estimate of drug-likeness (QED) is 0.811. The van der Waals surface area contributed by atoms with Crippen LogP contribution in [0.1, 0.15) is 31.9 Å². The zero-order chi connectivity index (χ0) is 16.0. The highest BCUT2D eigenvalue weighted by Gasteiger charge is 2.19. The van der Waals surface area contributed by atoms with Gasteiger partial charge in [0, 0.05) is 7.11 Å². The monoisotopic (exact) mass is 301 g/mol. The Morgan fingerprint density at radius 1 is 1.33 bits per heavy atom. The summed E-state index contributed by atoms with van der Waals surface area (Å²) in [5, 5.41) is 12.3. The molecule has 1 amide bonds. The second kappa shape index (κ2) is 8.05. The summed E-state index contributed by atoms with van der Waals surface area (Å²) in [4.78, 5) is 11.9. The predicted octanol–water partition coefficient (Wildman–Crippen LogP) is 2.18. The van der Waals surface area contributed by atoms with Crippen molar-refractivity contribution in [2.45, 2.75) is 32.4 Å². The molecule has 0 heterocycles. The van der Waals surface area contributed by atoms with E-state index in [0.29, 0.717) is 5.56 Å². The summed E-state index contributed by atoms with van der Waals surface area (Å²) in [6.07, 6.45) is -0.806. The highest BCUT2D eigenvalue weighted by atomic mass is 19.2. The molecule has 1 aromatic carbocycles. The molecule has 0 aromatic heterocycles. The van der Waals surface area contributed by atoms with Gasteiger partial charge >= 0.3 is 0 Å². The molecule has 0 fully saturated rings. The number of carbonyl (C=O) groups is 1. The van der Waals surface area contributed by atoms with Crippen LogP contribution in [0.15, 0.2) is 18.2 Å². The second-order valence-electron chi connectivity index (χ2n) is 5.26. The minimum Gasteiger partial charge on any atom is -0.392 e. The summed E-state index contributed by atoms with van der Waals surface area (Å²) in [5.74, 6) is -2.34. The van der Waals surface area contributed by atoms with Gasteiger partial charge in [-0.15, -0.1) is 0 Å². The molecular weight excluding hydrogens is 280 g/mol. The molecule has 0 radical (unpaired) electrons. The Bertz CT molecular complexity index is 480. The van der Waals surface area contributed by atoms with Crippen LogP contribution in [0, 0.1) is 17.6 Å². The van der Waals surface area contributed by atoms with E-state index in [1.54, 1.807) is 13.8 Å². The highest BCUT2D eigenvalue weighted by Crippen LogP contribution is 2.17. The van der Waals surface area contributed by atoms with Crippen molar-refractivity contribution < 1.29 is 23.4 Å². The molecule has 0 aliphatic heterocycles. The summed E-state index contributed by atoms with van der Waals surface area (Å²) in [7, 11) is 1.45. The van der Waals surface area contributed by atoms with Crippen molar-refractivity contribution in [1.82, 2.24) is 5.32 Å². The molecule has 2 unspecified atom stereocenters. The average Bonchev–Trinajstić information content (AvgIpc) is 2.41. The first-order valence-corrected chi connectivity index (χ1v) is 6.76. The molecule has 0 spiro atoms. The van der Waals surface area contributed by atoms with Gasteiger partial charge < -0.3 is 15.2 Å². The Morgan fingerprint density at radius 2 is 2.00 bits per heavy atom. The lowest BCUT2D eigenvalue weighted by Crippen LogP contribution is -2.34. The Labute approximate surface area is 123 Å². The molecule has 21 heavy (non-hydrogen) atoms. The van der Waals surface area contributed by atoms with E-state index in [2.05, 4.69) is 5.32 Å². The maximum atomic E-state index is 13.3. The number of ether oxygens (including phenoxy) is 1. The summed E-state index contributed by atoms with van der Waals surface area (Å²) in [6.45, 7) is 3.73. The molecule has 0 aliphatic rings. The number of methoxy groups -OCH3 is 1. The van der Waals surface area contributed by atoms with Crippen LogP contribution >= 0.6 is 0 Å². The first kappa shape index (κ1) is 17.5. The van der Waals surface area contributed by atoms with Crippen molar-refractivity contribution in [2.75, 3.05) is 13.7 Å². The van der Waals surface area contributed by atoms with Crippen molar-refractivity contribution in [1.29, 1.82) is 0 Å². The van der Waals surface area contributed by atoms with Crippen LogP contribution in [0.4, 0.5) is 8.78 Å². The molecule has 0 saturated heterocycles. The van der Waals surface area contributed by atoms with Gasteiger partial charge in [-0.3, -0.25) is 4.79 Å². The standard InChI is InChI=1S/C15H21F2NO3/c1-9(2)14(19)7-15(20)18-13(8-21-3)10-4-5-11(16)12(17)6-10/h4-6,9,13-14,19H,7-8H2,1-3H3,(H,18,20). The van der Waals surface area contributed by atoms with E-state index in [0.717, 1.165) is 12.1 Å². The number of nitrogens with one attached hydrogen (secondary N) is 1. The van der Waals surface area contributed by atoms with Crippen molar-refractivity contribution in [3.05, 3.63) is 35.4 Å². The van der Waals surface area contributed by atoms with Gasteiger partial charge in [0.1, 0.15) is 0 Å². The number of hydrogen-bond acceptors (Lipinski definition) is 3. The lowest BCUT2D eigenvalue weighted by atomic mass is 10.0. The third-order valence-electron chi connectivity index (χ3n) is 3.18. The van der Waals surface area contributed by atoms with Crippen LogP contribution in [0.2, 0.25) is 0 Å². The van der Waals surface area contributed by atoms with Crippen molar-refractivity contribution >= 4 is 5.91 Å². The number of rotatable bonds is 7. The number of benzene rings is 1. The Hall–Kier alpha value is -1.53. The Morgan fingerprint density at radius 3 is 2.52 bits per heavy atom. The van der Waals surface area contributed by atoms with Gasteiger partial charge in [0.25, 0.3) is 0 Å². The molecule has 0 saturated carbocycles. The van der Waals surface area contributed by atoms with Crippen LogP contribution in [0.25, 0.3) is 0 Å². The van der Waals surface area contributed by atoms with Crippen LogP contribution in [0.5, 0.6) is 0 Å².